The van der Waals surface area contributed by atoms with E-state index in [0.29, 0.717) is 16.7 Å². The first kappa shape index (κ1) is 19.4. The fourth-order valence-electron chi connectivity index (χ4n) is 2.45. The smallest absolute Gasteiger partial charge is 0.408 e. The molecule has 0 heterocycles. The van der Waals surface area contributed by atoms with Crippen LogP contribution in [0.5, 0.6) is 0 Å². The molecule has 0 radical (unpaired) electrons. The molecule has 0 aliphatic carbocycles. The average molecular weight is 359 g/mol. The highest BCUT2D eigenvalue weighted by molar-refractivity contribution is 5.80. The second-order valence-corrected chi connectivity index (χ2v) is 6.92. The second kappa shape index (κ2) is 7.99. The molecular weight excluding hydrogens is 337 g/mol. The van der Waals surface area contributed by atoms with Crippen LogP contribution in [-0.2, 0) is 16.0 Å². The number of carbonyl (C=O) groups excluding carboxylic acids is 1. The molecule has 0 aromatic heterocycles. The molecule has 26 heavy (non-hydrogen) atoms. The topological polar surface area (TPSA) is 75.6 Å². The van der Waals surface area contributed by atoms with Gasteiger partial charge in [-0.05, 0) is 38.0 Å². The number of hydrogen-bond donors (Lipinski definition) is 2. The van der Waals surface area contributed by atoms with Crippen LogP contribution in [0, 0.1) is 5.82 Å². The lowest BCUT2D eigenvalue weighted by molar-refractivity contribution is -0.139. The summed E-state index contributed by atoms with van der Waals surface area (Å²) in [6, 6.07) is 12.1. The normalized spacial score (nSPS) is 12.3. The van der Waals surface area contributed by atoms with Crippen molar-refractivity contribution >= 4 is 12.1 Å². The number of aliphatic carboxylic acids is 1. The van der Waals surface area contributed by atoms with Crippen LogP contribution in [0.25, 0.3) is 11.1 Å². The number of rotatable bonds is 5. The van der Waals surface area contributed by atoms with Crippen molar-refractivity contribution in [3.63, 3.8) is 0 Å². The number of nitrogens with one attached hydrogen (secondary N) is 1. The number of halogens is 1. The van der Waals surface area contributed by atoms with E-state index in [9.17, 15) is 19.1 Å². The lowest BCUT2D eigenvalue weighted by Gasteiger charge is -2.22. The Kier molecular flexibility index (Phi) is 5.97. The summed E-state index contributed by atoms with van der Waals surface area (Å²) in [6.45, 7) is 5.08. The van der Waals surface area contributed by atoms with Gasteiger partial charge in [0, 0.05) is 12.0 Å². The van der Waals surface area contributed by atoms with Crippen LogP contribution in [0.1, 0.15) is 26.3 Å². The van der Waals surface area contributed by atoms with Crippen molar-refractivity contribution in [3.8, 4) is 11.1 Å². The molecule has 0 aliphatic rings. The standard InChI is InChI=1S/C20H22FNO4/c1-20(2,3)26-19(25)22-17(18(23)24)12-13-7-6-8-14(11-13)15-9-4-5-10-16(15)21/h4-11,17H,12H2,1-3H3,(H,22,25)(H,23,24)/t17-/m0/s1. The van der Waals surface area contributed by atoms with Gasteiger partial charge < -0.3 is 15.2 Å². The van der Waals surface area contributed by atoms with E-state index in [1.165, 1.54) is 6.07 Å². The molecule has 0 saturated carbocycles. The Hall–Kier alpha value is -2.89. The summed E-state index contributed by atoms with van der Waals surface area (Å²) in [5.41, 5.74) is 1.01. The first-order chi connectivity index (χ1) is 12.2. The molecule has 6 heteroatoms. The Bertz CT molecular complexity index is 798. The molecule has 2 aromatic carbocycles. The van der Waals surface area contributed by atoms with E-state index in [2.05, 4.69) is 5.32 Å². The molecule has 0 spiro atoms. The minimum atomic E-state index is -1.17. The van der Waals surface area contributed by atoms with Crippen molar-refractivity contribution in [1.82, 2.24) is 5.32 Å². The van der Waals surface area contributed by atoms with Crippen molar-refractivity contribution in [2.24, 2.45) is 0 Å². The van der Waals surface area contributed by atoms with E-state index in [1.54, 1.807) is 63.2 Å². The van der Waals surface area contributed by atoms with Gasteiger partial charge in [-0.3, -0.25) is 0 Å². The Morgan fingerprint density at radius 2 is 1.85 bits per heavy atom. The predicted octanol–water partition coefficient (Wildman–Crippen LogP) is 4.01. The zero-order chi connectivity index (χ0) is 19.3. The largest absolute Gasteiger partial charge is 0.480 e. The first-order valence-electron chi connectivity index (χ1n) is 8.22. The number of carbonyl (C=O) groups is 2. The number of carboxylic acid groups (broad SMARTS) is 1. The summed E-state index contributed by atoms with van der Waals surface area (Å²) >= 11 is 0. The molecule has 2 N–H and O–H groups in total. The van der Waals surface area contributed by atoms with Crippen LogP contribution in [0.2, 0.25) is 0 Å². The van der Waals surface area contributed by atoms with Crippen molar-refractivity contribution in [3.05, 3.63) is 59.9 Å². The summed E-state index contributed by atoms with van der Waals surface area (Å²) in [6.07, 6.45) is -0.744. The molecule has 2 rings (SSSR count). The van der Waals surface area contributed by atoms with E-state index in [1.807, 2.05) is 0 Å². The van der Waals surface area contributed by atoms with Gasteiger partial charge in [0.15, 0.2) is 0 Å². The molecule has 0 saturated heterocycles. The third-order valence-corrected chi connectivity index (χ3v) is 3.54. The molecule has 2 aromatic rings. The van der Waals surface area contributed by atoms with Crippen LogP contribution >= 0.6 is 0 Å². The third kappa shape index (κ3) is 5.58. The quantitative estimate of drug-likeness (QED) is 0.846. The maximum absolute atomic E-state index is 14.0. The summed E-state index contributed by atoms with van der Waals surface area (Å²) in [4.78, 5) is 23.3. The highest BCUT2D eigenvalue weighted by Crippen LogP contribution is 2.23. The molecule has 0 fully saturated rings. The molecular formula is C20H22FNO4. The van der Waals surface area contributed by atoms with Crippen LogP contribution in [0.3, 0.4) is 0 Å². The minimum absolute atomic E-state index is 0.0524. The highest BCUT2D eigenvalue weighted by Gasteiger charge is 2.24. The van der Waals surface area contributed by atoms with E-state index >= 15 is 0 Å². The Labute approximate surface area is 151 Å². The van der Waals surface area contributed by atoms with E-state index in [4.69, 9.17) is 4.74 Å². The van der Waals surface area contributed by atoms with Gasteiger partial charge in [-0.1, -0.05) is 42.5 Å². The summed E-state index contributed by atoms with van der Waals surface area (Å²) in [7, 11) is 0. The SMILES string of the molecule is CC(C)(C)OC(=O)N[C@@H](Cc1cccc(-c2ccccc2F)c1)C(=O)O. The van der Waals surface area contributed by atoms with Crippen LogP contribution < -0.4 is 5.32 Å². The fourth-order valence-corrected chi connectivity index (χ4v) is 2.45. The van der Waals surface area contributed by atoms with Gasteiger partial charge in [-0.15, -0.1) is 0 Å². The number of hydrogen-bond acceptors (Lipinski definition) is 3. The fraction of sp³-hybridized carbons (Fsp3) is 0.300. The van der Waals surface area contributed by atoms with Crippen molar-refractivity contribution in [2.75, 3.05) is 0 Å². The number of alkyl carbamates (subject to hydrolysis) is 1. The number of amides is 1. The monoisotopic (exact) mass is 359 g/mol. The zero-order valence-corrected chi connectivity index (χ0v) is 15.0. The Morgan fingerprint density at radius 3 is 2.46 bits per heavy atom. The summed E-state index contributed by atoms with van der Waals surface area (Å²) in [5, 5.41) is 11.7. The van der Waals surface area contributed by atoms with E-state index in [0.717, 1.165) is 0 Å². The number of ether oxygens (including phenoxy) is 1. The summed E-state index contributed by atoms with van der Waals surface area (Å²) < 4.78 is 19.1. The average Bonchev–Trinajstić information content (AvgIpc) is 2.53. The summed E-state index contributed by atoms with van der Waals surface area (Å²) in [5.74, 6) is -1.53. The van der Waals surface area contributed by atoms with Gasteiger partial charge in [-0.2, -0.15) is 0 Å². The van der Waals surface area contributed by atoms with Gasteiger partial charge in [0.05, 0.1) is 0 Å². The van der Waals surface area contributed by atoms with Crippen molar-refractivity contribution in [2.45, 2.75) is 38.8 Å². The first-order valence-corrected chi connectivity index (χ1v) is 8.22. The number of benzene rings is 2. The third-order valence-electron chi connectivity index (χ3n) is 3.54. The van der Waals surface area contributed by atoms with Gasteiger partial charge >= 0.3 is 12.1 Å². The Balaban J connectivity index is 2.17. The molecule has 1 amide bonds. The lowest BCUT2D eigenvalue weighted by atomic mass is 9.99. The second-order valence-electron chi connectivity index (χ2n) is 6.92. The zero-order valence-electron chi connectivity index (χ0n) is 15.0. The highest BCUT2D eigenvalue weighted by atomic mass is 19.1. The van der Waals surface area contributed by atoms with E-state index in [-0.39, 0.29) is 12.2 Å². The van der Waals surface area contributed by atoms with Gasteiger partial charge in [-0.25, -0.2) is 14.0 Å². The molecule has 0 bridgehead atoms. The van der Waals surface area contributed by atoms with Crippen molar-refractivity contribution in [1.29, 1.82) is 0 Å². The van der Waals surface area contributed by atoms with Gasteiger partial charge in [0.25, 0.3) is 0 Å². The van der Waals surface area contributed by atoms with Crippen molar-refractivity contribution < 1.29 is 23.8 Å². The van der Waals surface area contributed by atoms with Crippen LogP contribution in [0.4, 0.5) is 9.18 Å². The molecule has 0 aliphatic heterocycles. The molecule has 1 atom stereocenters. The maximum Gasteiger partial charge on any atom is 0.408 e. The molecule has 5 nitrogen and oxygen atoms in total. The van der Waals surface area contributed by atoms with E-state index < -0.39 is 23.7 Å². The van der Waals surface area contributed by atoms with Crippen LogP contribution in [0.15, 0.2) is 48.5 Å². The minimum Gasteiger partial charge on any atom is -0.480 e. The van der Waals surface area contributed by atoms with Gasteiger partial charge in [0.2, 0.25) is 0 Å². The Morgan fingerprint density at radius 1 is 1.15 bits per heavy atom. The molecule has 0 unspecified atom stereocenters. The van der Waals surface area contributed by atoms with Crippen LogP contribution in [-0.4, -0.2) is 28.8 Å². The predicted molar refractivity (Wildman–Crippen MR) is 96.3 cm³/mol. The lowest BCUT2D eigenvalue weighted by Crippen LogP contribution is -2.44. The number of carboxylic acids is 1. The van der Waals surface area contributed by atoms with Gasteiger partial charge in [0.1, 0.15) is 17.5 Å². The molecule has 138 valence electrons. The maximum atomic E-state index is 14.0.